The number of anilines is 1. The molecule has 24 heavy (non-hydrogen) atoms. The van der Waals surface area contributed by atoms with Crippen LogP contribution in [-0.2, 0) is 11.2 Å². The maximum absolute atomic E-state index is 12.1. The van der Waals surface area contributed by atoms with Crippen LogP contribution in [0.2, 0.25) is 0 Å². The lowest BCUT2D eigenvalue weighted by Gasteiger charge is -2.12. The lowest BCUT2D eigenvalue weighted by molar-refractivity contribution is -0.118. The molecule has 4 nitrogen and oxygen atoms in total. The Labute approximate surface area is 151 Å². The van der Waals surface area contributed by atoms with Crippen molar-refractivity contribution < 1.29 is 14.3 Å². The summed E-state index contributed by atoms with van der Waals surface area (Å²) in [5.41, 5.74) is 1.89. The molecule has 0 saturated heterocycles. The highest BCUT2D eigenvalue weighted by atomic mass is 79.9. The van der Waals surface area contributed by atoms with Crippen molar-refractivity contribution >= 4 is 27.5 Å². The molecule has 0 radical (unpaired) electrons. The fraction of sp³-hybridized carbons (Fsp3) is 0.316. The Morgan fingerprint density at radius 1 is 1.21 bits per heavy atom. The van der Waals surface area contributed by atoms with E-state index in [0.29, 0.717) is 11.4 Å². The van der Waals surface area contributed by atoms with Crippen LogP contribution in [0.5, 0.6) is 11.5 Å². The van der Waals surface area contributed by atoms with Crippen LogP contribution < -0.4 is 14.8 Å². The largest absolute Gasteiger partial charge is 0.491 e. The van der Waals surface area contributed by atoms with Crippen molar-refractivity contribution in [2.75, 3.05) is 11.9 Å². The quantitative estimate of drug-likeness (QED) is 0.735. The SMILES string of the molecule is CCc1ccc(OCC(=O)Nc2cccc(OC(C)C)c2)c(Br)c1. The van der Waals surface area contributed by atoms with Crippen LogP contribution in [-0.4, -0.2) is 18.6 Å². The molecule has 1 amide bonds. The first-order valence-electron chi connectivity index (χ1n) is 7.95. The number of hydrogen-bond donors (Lipinski definition) is 1. The maximum atomic E-state index is 12.1. The highest BCUT2D eigenvalue weighted by molar-refractivity contribution is 9.10. The van der Waals surface area contributed by atoms with Crippen molar-refractivity contribution in [1.29, 1.82) is 0 Å². The molecule has 0 saturated carbocycles. The van der Waals surface area contributed by atoms with E-state index in [9.17, 15) is 4.79 Å². The second-order valence-electron chi connectivity index (χ2n) is 5.65. The molecule has 0 unspecified atom stereocenters. The number of carbonyl (C=O) groups is 1. The Morgan fingerprint density at radius 3 is 2.67 bits per heavy atom. The van der Waals surface area contributed by atoms with E-state index in [1.54, 1.807) is 6.07 Å². The molecule has 0 aromatic heterocycles. The van der Waals surface area contributed by atoms with Crippen LogP contribution in [0.15, 0.2) is 46.9 Å². The summed E-state index contributed by atoms with van der Waals surface area (Å²) in [4.78, 5) is 12.1. The fourth-order valence-corrected chi connectivity index (χ4v) is 2.68. The molecule has 0 bridgehead atoms. The molecule has 128 valence electrons. The fourth-order valence-electron chi connectivity index (χ4n) is 2.14. The third-order valence-corrected chi connectivity index (χ3v) is 3.87. The van der Waals surface area contributed by atoms with E-state index >= 15 is 0 Å². The van der Waals surface area contributed by atoms with Crippen LogP contribution in [0.25, 0.3) is 0 Å². The molecule has 5 heteroatoms. The predicted molar refractivity (Wildman–Crippen MR) is 99.9 cm³/mol. The van der Waals surface area contributed by atoms with Crippen molar-refractivity contribution in [3.8, 4) is 11.5 Å². The van der Waals surface area contributed by atoms with E-state index < -0.39 is 0 Å². The average Bonchev–Trinajstić information content (AvgIpc) is 2.53. The molecular weight excluding hydrogens is 370 g/mol. The first-order chi connectivity index (χ1) is 11.5. The van der Waals surface area contributed by atoms with Crippen molar-refractivity contribution in [2.24, 2.45) is 0 Å². The molecule has 0 aliphatic heterocycles. The zero-order valence-electron chi connectivity index (χ0n) is 14.1. The van der Waals surface area contributed by atoms with Gasteiger partial charge < -0.3 is 14.8 Å². The standard InChI is InChI=1S/C19H22BrNO3/c1-4-14-8-9-18(17(20)10-14)23-12-19(22)21-15-6-5-7-16(11-15)24-13(2)3/h5-11,13H,4,12H2,1-3H3,(H,21,22). The van der Waals surface area contributed by atoms with E-state index in [1.165, 1.54) is 5.56 Å². The van der Waals surface area contributed by atoms with Gasteiger partial charge in [-0.25, -0.2) is 0 Å². The van der Waals surface area contributed by atoms with E-state index in [-0.39, 0.29) is 18.6 Å². The predicted octanol–water partition coefficient (Wildman–Crippen LogP) is 4.82. The summed E-state index contributed by atoms with van der Waals surface area (Å²) in [6.45, 7) is 5.95. The second kappa shape index (κ2) is 8.73. The van der Waals surface area contributed by atoms with Crippen LogP contribution in [0, 0.1) is 0 Å². The van der Waals surface area contributed by atoms with E-state index in [2.05, 4.69) is 28.2 Å². The van der Waals surface area contributed by atoms with Gasteiger partial charge in [-0.3, -0.25) is 4.79 Å². The number of nitrogens with one attached hydrogen (secondary N) is 1. The van der Waals surface area contributed by atoms with Crippen molar-refractivity contribution in [1.82, 2.24) is 0 Å². The third kappa shape index (κ3) is 5.57. The first kappa shape index (κ1) is 18.3. The molecule has 0 fully saturated rings. The van der Waals surface area contributed by atoms with Crippen molar-refractivity contribution in [3.63, 3.8) is 0 Å². The first-order valence-corrected chi connectivity index (χ1v) is 8.75. The van der Waals surface area contributed by atoms with Gasteiger partial charge >= 0.3 is 0 Å². The smallest absolute Gasteiger partial charge is 0.262 e. The minimum atomic E-state index is -0.219. The van der Waals surface area contributed by atoms with Gasteiger partial charge in [0, 0.05) is 11.8 Å². The van der Waals surface area contributed by atoms with E-state index in [1.807, 2.05) is 50.2 Å². The van der Waals surface area contributed by atoms with Crippen LogP contribution in [0.3, 0.4) is 0 Å². The maximum Gasteiger partial charge on any atom is 0.262 e. The number of hydrogen-bond acceptors (Lipinski definition) is 3. The van der Waals surface area contributed by atoms with E-state index in [0.717, 1.165) is 16.6 Å². The number of amides is 1. The number of rotatable bonds is 7. The van der Waals surface area contributed by atoms with Gasteiger partial charge in [0.1, 0.15) is 11.5 Å². The molecule has 0 spiro atoms. The van der Waals surface area contributed by atoms with Gasteiger partial charge in [0.25, 0.3) is 5.91 Å². The Morgan fingerprint density at radius 2 is 2.00 bits per heavy atom. The van der Waals surface area contributed by atoms with Gasteiger partial charge in [0.05, 0.1) is 10.6 Å². The number of halogens is 1. The Balaban J connectivity index is 1.91. The molecule has 1 N–H and O–H groups in total. The number of carbonyl (C=O) groups excluding carboxylic acids is 1. The van der Waals surface area contributed by atoms with Crippen LogP contribution in [0.4, 0.5) is 5.69 Å². The summed E-state index contributed by atoms with van der Waals surface area (Å²) in [5.74, 6) is 1.16. The van der Waals surface area contributed by atoms with Gasteiger partial charge in [-0.05, 0) is 66.0 Å². The minimum absolute atomic E-state index is 0.0562. The molecule has 2 aromatic carbocycles. The molecule has 0 heterocycles. The summed E-state index contributed by atoms with van der Waals surface area (Å²) < 4.78 is 12.0. The average molecular weight is 392 g/mol. The molecule has 2 rings (SSSR count). The second-order valence-corrected chi connectivity index (χ2v) is 6.50. The summed E-state index contributed by atoms with van der Waals surface area (Å²) in [5, 5.41) is 2.81. The zero-order chi connectivity index (χ0) is 17.5. The molecule has 2 aromatic rings. The van der Waals surface area contributed by atoms with Crippen LogP contribution >= 0.6 is 15.9 Å². The number of ether oxygens (including phenoxy) is 2. The van der Waals surface area contributed by atoms with Gasteiger partial charge in [-0.15, -0.1) is 0 Å². The summed E-state index contributed by atoms with van der Waals surface area (Å²) in [6.07, 6.45) is 1.04. The van der Waals surface area contributed by atoms with Crippen LogP contribution in [0.1, 0.15) is 26.3 Å². The van der Waals surface area contributed by atoms with Gasteiger partial charge in [0.15, 0.2) is 6.61 Å². The summed E-state index contributed by atoms with van der Waals surface area (Å²) in [7, 11) is 0. The third-order valence-electron chi connectivity index (χ3n) is 3.25. The Bertz CT molecular complexity index is 701. The van der Waals surface area contributed by atoms with Crippen molar-refractivity contribution in [3.05, 3.63) is 52.5 Å². The highest BCUT2D eigenvalue weighted by Gasteiger charge is 2.08. The van der Waals surface area contributed by atoms with Gasteiger partial charge in [0.2, 0.25) is 0 Å². The Hall–Kier alpha value is -2.01. The summed E-state index contributed by atoms with van der Waals surface area (Å²) >= 11 is 3.46. The normalized spacial score (nSPS) is 10.5. The molecular formula is C19H22BrNO3. The highest BCUT2D eigenvalue weighted by Crippen LogP contribution is 2.26. The zero-order valence-corrected chi connectivity index (χ0v) is 15.7. The number of aryl methyl sites for hydroxylation is 1. The number of benzene rings is 2. The topological polar surface area (TPSA) is 47.6 Å². The van der Waals surface area contributed by atoms with Gasteiger partial charge in [-0.2, -0.15) is 0 Å². The molecule has 0 atom stereocenters. The summed E-state index contributed by atoms with van der Waals surface area (Å²) in [6, 6.07) is 13.2. The van der Waals surface area contributed by atoms with E-state index in [4.69, 9.17) is 9.47 Å². The van der Waals surface area contributed by atoms with Crippen molar-refractivity contribution in [2.45, 2.75) is 33.3 Å². The Kier molecular flexibility index (Phi) is 6.67. The monoisotopic (exact) mass is 391 g/mol. The molecule has 0 aliphatic carbocycles. The molecule has 0 aliphatic rings. The van der Waals surface area contributed by atoms with Gasteiger partial charge in [-0.1, -0.05) is 19.1 Å². The lowest BCUT2D eigenvalue weighted by Crippen LogP contribution is -2.20. The lowest BCUT2D eigenvalue weighted by atomic mass is 10.2. The minimum Gasteiger partial charge on any atom is -0.491 e.